The number of carbonyl (C=O) groups is 2. The molecule has 1 heterocycles. The molecule has 0 unspecified atom stereocenters. The molecule has 0 aliphatic carbocycles. The number of amides is 2. The zero-order valence-corrected chi connectivity index (χ0v) is 12.4. The molecule has 1 aliphatic rings. The van der Waals surface area contributed by atoms with Gasteiger partial charge >= 0.3 is 6.09 Å². The van der Waals surface area contributed by atoms with Gasteiger partial charge in [0.1, 0.15) is 5.60 Å². The van der Waals surface area contributed by atoms with Crippen molar-refractivity contribution in [2.75, 3.05) is 27.2 Å². The first kappa shape index (κ1) is 15.8. The molecule has 110 valence electrons. The zero-order chi connectivity index (χ0) is 14.6. The number of hydrogen-bond acceptors (Lipinski definition) is 4. The molecule has 0 radical (unpaired) electrons. The van der Waals surface area contributed by atoms with E-state index in [0.717, 1.165) is 13.0 Å². The van der Waals surface area contributed by atoms with E-state index in [1.54, 1.807) is 19.0 Å². The molecule has 0 aromatic heterocycles. The second kappa shape index (κ2) is 6.23. The van der Waals surface area contributed by atoms with Crippen molar-refractivity contribution >= 4 is 12.0 Å². The molecule has 2 atom stereocenters. The minimum Gasteiger partial charge on any atom is -0.444 e. The molecule has 0 spiro atoms. The molecule has 1 saturated heterocycles. The summed E-state index contributed by atoms with van der Waals surface area (Å²) in [6.45, 7) is 6.82. The molecule has 1 aliphatic heterocycles. The first-order valence-corrected chi connectivity index (χ1v) is 6.62. The van der Waals surface area contributed by atoms with E-state index in [1.165, 1.54) is 0 Å². The topological polar surface area (TPSA) is 70.7 Å². The molecule has 19 heavy (non-hydrogen) atoms. The predicted octanol–water partition coefficient (Wildman–Crippen LogP) is 0.577. The van der Waals surface area contributed by atoms with Crippen molar-refractivity contribution in [3.8, 4) is 0 Å². The average molecular weight is 271 g/mol. The van der Waals surface area contributed by atoms with Gasteiger partial charge in [-0.2, -0.15) is 0 Å². The van der Waals surface area contributed by atoms with E-state index in [9.17, 15) is 9.59 Å². The van der Waals surface area contributed by atoms with Gasteiger partial charge in [0.05, 0.1) is 12.0 Å². The second-order valence-electron chi connectivity index (χ2n) is 6.08. The van der Waals surface area contributed by atoms with E-state index in [2.05, 4.69) is 10.6 Å². The van der Waals surface area contributed by atoms with Crippen molar-refractivity contribution in [2.45, 2.75) is 38.8 Å². The summed E-state index contributed by atoms with van der Waals surface area (Å²) in [5, 5.41) is 5.98. The smallest absolute Gasteiger partial charge is 0.407 e. The van der Waals surface area contributed by atoms with E-state index in [1.807, 2.05) is 20.8 Å². The number of carbonyl (C=O) groups excluding carboxylic acids is 2. The fourth-order valence-corrected chi connectivity index (χ4v) is 2.10. The Balaban J connectivity index is 2.63. The Morgan fingerprint density at radius 2 is 1.95 bits per heavy atom. The lowest BCUT2D eigenvalue weighted by Crippen LogP contribution is -2.55. The molecule has 0 aromatic rings. The van der Waals surface area contributed by atoms with Crippen molar-refractivity contribution in [3.63, 3.8) is 0 Å². The van der Waals surface area contributed by atoms with Crippen LogP contribution in [0.15, 0.2) is 0 Å². The Labute approximate surface area is 114 Å². The fourth-order valence-electron chi connectivity index (χ4n) is 2.10. The third-order valence-corrected chi connectivity index (χ3v) is 2.94. The van der Waals surface area contributed by atoms with Crippen molar-refractivity contribution in [1.82, 2.24) is 15.5 Å². The van der Waals surface area contributed by atoms with Gasteiger partial charge in [-0.1, -0.05) is 0 Å². The largest absolute Gasteiger partial charge is 0.444 e. The Morgan fingerprint density at radius 3 is 2.47 bits per heavy atom. The standard InChI is InChI=1S/C13H25N3O3/c1-13(2,3)19-12(18)15-10-8-14-7-6-9(10)11(17)16(4)5/h9-10,14H,6-8H2,1-5H3,(H,15,18)/t9-,10+/m1/s1. The lowest BCUT2D eigenvalue weighted by Gasteiger charge is -2.33. The van der Waals surface area contributed by atoms with Gasteiger partial charge in [0, 0.05) is 20.6 Å². The van der Waals surface area contributed by atoms with Gasteiger partial charge in [-0.25, -0.2) is 4.79 Å². The van der Waals surface area contributed by atoms with Crippen LogP contribution in [0.4, 0.5) is 4.79 Å². The van der Waals surface area contributed by atoms with Gasteiger partial charge in [0.2, 0.25) is 5.91 Å². The van der Waals surface area contributed by atoms with Crippen molar-refractivity contribution in [1.29, 1.82) is 0 Å². The molecule has 6 nitrogen and oxygen atoms in total. The van der Waals surface area contributed by atoms with E-state index in [0.29, 0.717) is 6.54 Å². The Bertz CT molecular complexity index is 337. The highest BCUT2D eigenvalue weighted by Gasteiger charge is 2.33. The van der Waals surface area contributed by atoms with Gasteiger partial charge < -0.3 is 20.3 Å². The van der Waals surface area contributed by atoms with E-state index < -0.39 is 11.7 Å². The lowest BCUT2D eigenvalue weighted by molar-refractivity contribution is -0.134. The van der Waals surface area contributed by atoms with Crippen molar-refractivity contribution in [3.05, 3.63) is 0 Å². The Kier molecular flexibility index (Phi) is 5.17. The van der Waals surface area contributed by atoms with Gasteiger partial charge in [-0.3, -0.25) is 4.79 Å². The molecule has 2 amide bonds. The minimum absolute atomic E-state index is 0.0440. The van der Waals surface area contributed by atoms with Crippen LogP contribution in [0.3, 0.4) is 0 Å². The van der Waals surface area contributed by atoms with Gasteiger partial charge in [0.25, 0.3) is 0 Å². The van der Waals surface area contributed by atoms with Crippen LogP contribution in [0, 0.1) is 5.92 Å². The number of nitrogens with zero attached hydrogens (tertiary/aromatic N) is 1. The summed E-state index contributed by atoms with van der Waals surface area (Å²) in [6.07, 6.45) is 0.245. The lowest BCUT2D eigenvalue weighted by atomic mass is 9.91. The molecule has 0 saturated carbocycles. The van der Waals surface area contributed by atoms with Crippen molar-refractivity contribution < 1.29 is 14.3 Å². The summed E-state index contributed by atoms with van der Waals surface area (Å²) in [4.78, 5) is 25.4. The van der Waals surface area contributed by atoms with Crippen LogP contribution in [-0.4, -0.2) is 55.7 Å². The first-order valence-electron chi connectivity index (χ1n) is 6.62. The highest BCUT2D eigenvalue weighted by molar-refractivity contribution is 5.80. The monoisotopic (exact) mass is 271 g/mol. The second-order valence-corrected chi connectivity index (χ2v) is 6.08. The van der Waals surface area contributed by atoms with Crippen LogP contribution >= 0.6 is 0 Å². The summed E-state index contributed by atoms with van der Waals surface area (Å²) in [6, 6.07) is -0.224. The maximum absolute atomic E-state index is 12.1. The number of hydrogen-bond donors (Lipinski definition) is 2. The Morgan fingerprint density at radius 1 is 1.32 bits per heavy atom. The minimum atomic E-state index is -0.534. The molecular weight excluding hydrogens is 246 g/mol. The van der Waals surface area contributed by atoms with Gasteiger partial charge in [-0.05, 0) is 33.7 Å². The maximum atomic E-state index is 12.1. The highest BCUT2D eigenvalue weighted by atomic mass is 16.6. The van der Waals surface area contributed by atoms with E-state index >= 15 is 0 Å². The summed E-state index contributed by atoms with van der Waals surface area (Å²) >= 11 is 0. The highest BCUT2D eigenvalue weighted by Crippen LogP contribution is 2.16. The van der Waals surface area contributed by atoms with E-state index in [-0.39, 0.29) is 17.9 Å². The van der Waals surface area contributed by atoms with Crippen LogP contribution in [0.25, 0.3) is 0 Å². The predicted molar refractivity (Wildman–Crippen MR) is 72.8 cm³/mol. The van der Waals surface area contributed by atoms with Crippen LogP contribution in [0.1, 0.15) is 27.2 Å². The number of ether oxygens (including phenoxy) is 1. The molecule has 0 bridgehead atoms. The number of rotatable bonds is 2. The SMILES string of the molecule is CN(C)C(=O)[C@@H]1CCNC[C@@H]1NC(=O)OC(C)(C)C. The average Bonchev–Trinajstić information content (AvgIpc) is 2.26. The van der Waals surface area contributed by atoms with Crippen LogP contribution < -0.4 is 10.6 Å². The van der Waals surface area contributed by atoms with E-state index in [4.69, 9.17) is 4.74 Å². The molecule has 1 fully saturated rings. The molecule has 1 rings (SSSR count). The van der Waals surface area contributed by atoms with Crippen LogP contribution in [0.5, 0.6) is 0 Å². The van der Waals surface area contributed by atoms with Crippen LogP contribution in [0.2, 0.25) is 0 Å². The molecular formula is C13H25N3O3. The Hall–Kier alpha value is -1.30. The van der Waals surface area contributed by atoms with Gasteiger partial charge in [-0.15, -0.1) is 0 Å². The number of nitrogens with one attached hydrogen (secondary N) is 2. The molecule has 6 heteroatoms. The third kappa shape index (κ3) is 5.06. The molecule has 2 N–H and O–H groups in total. The molecule has 0 aromatic carbocycles. The summed E-state index contributed by atoms with van der Waals surface area (Å²) in [7, 11) is 3.46. The quantitative estimate of drug-likeness (QED) is 0.770. The number of alkyl carbamates (subject to hydrolysis) is 1. The number of piperidine rings is 1. The summed E-state index contributed by atoms with van der Waals surface area (Å²) < 4.78 is 5.23. The zero-order valence-electron chi connectivity index (χ0n) is 12.4. The third-order valence-electron chi connectivity index (χ3n) is 2.94. The maximum Gasteiger partial charge on any atom is 0.407 e. The summed E-state index contributed by atoms with van der Waals surface area (Å²) in [5.74, 6) is -0.147. The normalized spacial score (nSPS) is 23.6. The fraction of sp³-hybridized carbons (Fsp3) is 0.846. The summed E-state index contributed by atoms with van der Waals surface area (Å²) in [5.41, 5.74) is -0.534. The van der Waals surface area contributed by atoms with Crippen molar-refractivity contribution in [2.24, 2.45) is 5.92 Å². The first-order chi connectivity index (χ1) is 8.70. The van der Waals surface area contributed by atoms with Gasteiger partial charge in [0.15, 0.2) is 0 Å². The van der Waals surface area contributed by atoms with Crippen LogP contribution in [-0.2, 0) is 9.53 Å².